The van der Waals surface area contributed by atoms with E-state index in [0.717, 1.165) is 5.69 Å². The molecule has 0 saturated carbocycles. The molecule has 2 unspecified atom stereocenters. The first kappa shape index (κ1) is 18.6. The summed E-state index contributed by atoms with van der Waals surface area (Å²) in [7, 11) is -6.33. The van der Waals surface area contributed by atoms with Gasteiger partial charge in [0.2, 0.25) is 0 Å². The molecule has 0 aromatic carbocycles. The molecule has 4 atom stereocenters. The van der Waals surface area contributed by atoms with Crippen LogP contribution in [0.4, 0.5) is 0 Å². The summed E-state index contributed by atoms with van der Waals surface area (Å²) < 4.78 is 28.3. The van der Waals surface area contributed by atoms with Gasteiger partial charge in [-0.2, -0.15) is 14.3 Å². The van der Waals surface area contributed by atoms with E-state index < -0.39 is 34.6 Å². The summed E-state index contributed by atoms with van der Waals surface area (Å²) in [5.74, 6) is 0. The first-order valence-electron chi connectivity index (χ1n) is 7.33. The van der Waals surface area contributed by atoms with Crippen LogP contribution in [0.25, 0.3) is 11.2 Å². The lowest BCUT2D eigenvalue weighted by Gasteiger charge is -2.15. The molecule has 0 amide bonds. The van der Waals surface area contributed by atoms with Gasteiger partial charge in [0.25, 0.3) is 0 Å². The molecular formula is C12H18N4O7P2+2. The fourth-order valence-electron chi connectivity index (χ4n) is 2.71. The predicted molar refractivity (Wildman–Crippen MR) is 86.5 cm³/mol. The van der Waals surface area contributed by atoms with Crippen LogP contribution in [0.1, 0.15) is 18.3 Å². The van der Waals surface area contributed by atoms with Crippen LogP contribution in [0.15, 0.2) is 12.7 Å². The molecule has 3 rings (SSSR count). The van der Waals surface area contributed by atoms with Gasteiger partial charge in [0.15, 0.2) is 5.65 Å². The number of nitrogens with zero attached hydrogens (tertiary/aromatic N) is 4. The Kier molecular flexibility index (Phi) is 5.38. The molecule has 2 aromatic rings. The lowest BCUT2D eigenvalue weighted by Crippen LogP contribution is -2.28. The van der Waals surface area contributed by atoms with E-state index in [-0.39, 0.29) is 13.0 Å². The molecule has 3 heterocycles. The topological polar surface area (TPSA) is 149 Å². The highest BCUT2D eigenvalue weighted by atomic mass is 31.2. The maximum Gasteiger partial charge on any atom is 0.694 e. The number of aromatic nitrogens is 4. The van der Waals surface area contributed by atoms with E-state index in [4.69, 9.17) is 18.7 Å². The normalized spacial score (nSPS) is 24.8. The average molecular weight is 392 g/mol. The van der Waals surface area contributed by atoms with E-state index in [1.165, 1.54) is 13.0 Å². The molecule has 1 aliphatic rings. The standard InChI is InChI=1S/C12H17N4O7P2/c1-7-11-12(14-5-13-7)16(6-15-11)10-3-8(23-25(2,19)20)9(22-10)4-21-24(17)18/h5-6,8-10,19-20H,3-4H2,1-2H3/q+1/p+1/t8?,9-,10-/m1/s1. The molecule has 3 N–H and O–H groups in total. The lowest BCUT2D eigenvalue weighted by molar-refractivity contribution is -0.0367. The predicted octanol–water partition coefficient (Wildman–Crippen LogP) is 0.851. The number of imidazole rings is 1. The molecule has 1 saturated heterocycles. The molecule has 2 aromatic heterocycles. The number of ether oxygens (including phenoxy) is 1. The quantitative estimate of drug-likeness (QED) is 0.604. The van der Waals surface area contributed by atoms with Gasteiger partial charge in [-0.3, -0.25) is 4.57 Å². The summed E-state index contributed by atoms with van der Waals surface area (Å²) in [6.07, 6.45) is 1.20. The second-order valence-corrected chi connectivity index (χ2v) is 8.28. The Morgan fingerprint density at radius 3 is 2.88 bits per heavy atom. The zero-order chi connectivity index (χ0) is 18.2. The summed E-state index contributed by atoms with van der Waals surface area (Å²) in [5.41, 5.74) is 1.91. The third kappa shape index (κ3) is 4.33. The SMILES string of the molecule is Cc1ncnc2c1ncn2[C@H]1CC(O[P+](C)(O)O)[C@@H](CO[P+](=O)O)O1. The van der Waals surface area contributed by atoms with E-state index in [0.29, 0.717) is 11.2 Å². The van der Waals surface area contributed by atoms with Crippen LogP contribution < -0.4 is 0 Å². The van der Waals surface area contributed by atoms with Crippen LogP contribution in [0, 0.1) is 6.92 Å². The number of rotatable bonds is 6. The molecule has 13 heteroatoms. The van der Waals surface area contributed by atoms with E-state index in [1.807, 2.05) is 6.92 Å². The number of fused-ring (bicyclic) bond motifs is 1. The van der Waals surface area contributed by atoms with Crippen molar-refractivity contribution in [1.29, 1.82) is 0 Å². The van der Waals surface area contributed by atoms with Crippen LogP contribution in [0.5, 0.6) is 0 Å². The summed E-state index contributed by atoms with van der Waals surface area (Å²) >= 11 is 0. The maximum atomic E-state index is 10.8. The molecule has 11 nitrogen and oxygen atoms in total. The Labute approximate surface area is 144 Å². The van der Waals surface area contributed by atoms with E-state index in [1.54, 1.807) is 10.9 Å². The van der Waals surface area contributed by atoms with Gasteiger partial charge < -0.3 is 4.74 Å². The van der Waals surface area contributed by atoms with Crippen molar-refractivity contribution in [3.63, 3.8) is 0 Å². The first-order chi connectivity index (χ1) is 11.7. The third-order valence-corrected chi connectivity index (χ3v) is 4.76. The number of aryl methyl sites for hydroxylation is 1. The summed E-state index contributed by atoms with van der Waals surface area (Å²) in [6.45, 7) is 2.76. The van der Waals surface area contributed by atoms with Gasteiger partial charge in [-0.25, -0.2) is 15.0 Å². The van der Waals surface area contributed by atoms with E-state index in [9.17, 15) is 14.4 Å². The molecular weight excluding hydrogens is 374 g/mol. The molecule has 0 radical (unpaired) electrons. The van der Waals surface area contributed by atoms with Crippen LogP contribution in [-0.4, -0.2) is 59.7 Å². The summed E-state index contributed by atoms with van der Waals surface area (Å²) in [6, 6.07) is 0. The van der Waals surface area contributed by atoms with Crippen molar-refractivity contribution in [2.24, 2.45) is 0 Å². The fraction of sp³-hybridized carbons (Fsp3) is 0.583. The van der Waals surface area contributed by atoms with Crippen molar-refractivity contribution in [3.05, 3.63) is 18.3 Å². The van der Waals surface area contributed by atoms with Crippen molar-refractivity contribution >= 4 is 27.4 Å². The molecule has 0 aliphatic carbocycles. The zero-order valence-electron chi connectivity index (χ0n) is 13.5. The summed E-state index contributed by atoms with van der Waals surface area (Å²) in [4.78, 5) is 40.6. The van der Waals surface area contributed by atoms with E-state index >= 15 is 0 Å². The average Bonchev–Trinajstić information content (AvgIpc) is 3.08. The second kappa shape index (κ2) is 7.22. The Hall–Kier alpha value is -1.16. The van der Waals surface area contributed by atoms with Gasteiger partial charge in [0, 0.05) is 11.0 Å². The zero-order valence-corrected chi connectivity index (χ0v) is 15.2. The monoisotopic (exact) mass is 392 g/mol. The maximum absolute atomic E-state index is 10.8. The Morgan fingerprint density at radius 1 is 1.44 bits per heavy atom. The second-order valence-electron chi connectivity index (χ2n) is 5.66. The van der Waals surface area contributed by atoms with Gasteiger partial charge in [-0.15, -0.1) is 9.42 Å². The van der Waals surface area contributed by atoms with Gasteiger partial charge in [-0.05, 0) is 6.92 Å². The van der Waals surface area contributed by atoms with Crippen molar-refractivity contribution in [2.45, 2.75) is 31.8 Å². The largest absolute Gasteiger partial charge is 0.694 e. The minimum atomic E-state index is -3.53. The molecule has 1 fully saturated rings. The number of hydrogen-bond donors (Lipinski definition) is 3. The highest BCUT2D eigenvalue weighted by Crippen LogP contribution is 2.51. The van der Waals surface area contributed by atoms with Crippen molar-refractivity contribution in [3.8, 4) is 0 Å². The molecule has 0 spiro atoms. The van der Waals surface area contributed by atoms with Crippen LogP contribution in [0.3, 0.4) is 0 Å². The minimum Gasteiger partial charge on any atom is -0.349 e. The first-order valence-corrected chi connectivity index (χ1v) is 10.5. The highest BCUT2D eigenvalue weighted by Gasteiger charge is 2.46. The van der Waals surface area contributed by atoms with Crippen LogP contribution in [0.2, 0.25) is 0 Å². The van der Waals surface area contributed by atoms with Gasteiger partial charge in [0.05, 0.1) is 12.0 Å². The van der Waals surface area contributed by atoms with Crippen molar-refractivity contribution < 1.29 is 33.0 Å². The van der Waals surface area contributed by atoms with Crippen molar-refractivity contribution in [2.75, 3.05) is 13.3 Å². The molecule has 136 valence electrons. The van der Waals surface area contributed by atoms with Crippen LogP contribution >= 0.6 is 16.2 Å². The minimum absolute atomic E-state index is 0.229. The van der Waals surface area contributed by atoms with Gasteiger partial charge >= 0.3 is 16.2 Å². The Morgan fingerprint density at radius 2 is 2.20 bits per heavy atom. The van der Waals surface area contributed by atoms with Gasteiger partial charge in [0.1, 0.15) is 43.6 Å². The summed E-state index contributed by atoms with van der Waals surface area (Å²) in [5, 5.41) is 0. The third-order valence-electron chi connectivity index (χ3n) is 3.72. The van der Waals surface area contributed by atoms with Crippen molar-refractivity contribution in [1.82, 2.24) is 19.5 Å². The van der Waals surface area contributed by atoms with Crippen LogP contribution in [-0.2, 0) is 18.3 Å². The Bertz CT molecular complexity index is 780. The fourth-order valence-corrected chi connectivity index (χ4v) is 3.71. The lowest BCUT2D eigenvalue weighted by atomic mass is 10.2. The highest BCUT2D eigenvalue weighted by molar-refractivity contribution is 7.58. The molecule has 25 heavy (non-hydrogen) atoms. The van der Waals surface area contributed by atoms with Gasteiger partial charge in [-0.1, -0.05) is 0 Å². The number of hydrogen-bond acceptors (Lipinski definition) is 9. The van der Waals surface area contributed by atoms with E-state index in [2.05, 4.69) is 15.0 Å². The molecule has 0 bridgehead atoms. The molecule has 1 aliphatic heterocycles. The Balaban J connectivity index is 1.84. The smallest absolute Gasteiger partial charge is 0.349 e.